The van der Waals surface area contributed by atoms with Gasteiger partial charge in [-0.05, 0) is 30.7 Å². The molecule has 0 radical (unpaired) electrons. The van der Waals surface area contributed by atoms with Gasteiger partial charge in [0.25, 0.3) is 5.91 Å². The van der Waals surface area contributed by atoms with Crippen LogP contribution in [-0.2, 0) is 11.2 Å². The van der Waals surface area contributed by atoms with Crippen molar-refractivity contribution in [1.29, 1.82) is 0 Å². The van der Waals surface area contributed by atoms with Crippen LogP contribution < -0.4 is 10.6 Å². The predicted molar refractivity (Wildman–Crippen MR) is 111 cm³/mol. The maximum Gasteiger partial charge on any atom is 0.286 e. The van der Waals surface area contributed by atoms with E-state index in [0.29, 0.717) is 22.1 Å². The van der Waals surface area contributed by atoms with Gasteiger partial charge in [-0.25, -0.2) is 0 Å². The van der Waals surface area contributed by atoms with Crippen molar-refractivity contribution < 1.29 is 9.59 Å². The van der Waals surface area contributed by atoms with Gasteiger partial charge in [-0.3, -0.25) is 9.59 Å². The van der Waals surface area contributed by atoms with Crippen LogP contribution >= 0.6 is 22.9 Å². The third kappa shape index (κ3) is 5.61. The van der Waals surface area contributed by atoms with E-state index in [4.69, 9.17) is 11.6 Å². The summed E-state index contributed by atoms with van der Waals surface area (Å²) in [4.78, 5) is 24.4. The first kappa shape index (κ1) is 20.0. The molecule has 0 bridgehead atoms. The third-order valence-electron chi connectivity index (χ3n) is 3.99. The lowest BCUT2D eigenvalue weighted by molar-refractivity contribution is -0.121. The molecule has 0 unspecified atom stereocenters. The van der Waals surface area contributed by atoms with Gasteiger partial charge in [0.2, 0.25) is 10.9 Å². The average Bonchev–Trinajstić information content (AvgIpc) is 3.16. The third-order valence-corrected chi connectivity index (χ3v) is 5.20. The van der Waals surface area contributed by atoms with Gasteiger partial charge < -0.3 is 10.6 Å². The number of aromatic nitrogens is 2. The quantitative estimate of drug-likeness (QED) is 0.605. The molecule has 2 amide bonds. The maximum atomic E-state index is 12.3. The number of nitrogens with zero attached hydrogens (tertiary/aromatic N) is 2. The van der Waals surface area contributed by atoms with Crippen molar-refractivity contribution in [2.24, 2.45) is 0 Å². The van der Waals surface area contributed by atoms with Gasteiger partial charge in [-0.15, -0.1) is 10.2 Å². The number of carbonyl (C=O) groups excluding carboxylic acids is 2. The molecule has 2 N–H and O–H groups in total. The number of hydrogen-bond acceptors (Lipinski definition) is 5. The highest BCUT2D eigenvalue weighted by atomic mass is 35.5. The Morgan fingerprint density at radius 2 is 1.89 bits per heavy atom. The normalized spacial score (nSPS) is 11.6. The Hall–Kier alpha value is -2.77. The van der Waals surface area contributed by atoms with Crippen LogP contribution in [0.2, 0.25) is 5.02 Å². The number of amides is 2. The van der Waals surface area contributed by atoms with E-state index in [-0.39, 0.29) is 29.3 Å². The van der Waals surface area contributed by atoms with Gasteiger partial charge in [0.15, 0.2) is 0 Å². The first-order chi connectivity index (χ1) is 13.5. The minimum absolute atomic E-state index is 0.0674. The van der Waals surface area contributed by atoms with Crippen LogP contribution in [0.4, 0.5) is 5.69 Å². The van der Waals surface area contributed by atoms with Crippen molar-refractivity contribution in [2.45, 2.75) is 25.8 Å². The number of aryl methyl sites for hydroxylation is 1. The summed E-state index contributed by atoms with van der Waals surface area (Å²) in [6, 6.07) is 16.6. The zero-order valence-corrected chi connectivity index (χ0v) is 16.8. The molecule has 6 nitrogen and oxygen atoms in total. The lowest BCUT2D eigenvalue weighted by Gasteiger charge is -2.13. The van der Waals surface area contributed by atoms with E-state index in [1.54, 1.807) is 24.3 Å². The summed E-state index contributed by atoms with van der Waals surface area (Å²) >= 11 is 7.08. The molecule has 0 aliphatic carbocycles. The summed E-state index contributed by atoms with van der Waals surface area (Å²) in [5, 5.41) is 15.0. The highest BCUT2D eigenvalue weighted by Crippen LogP contribution is 2.18. The molecule has 0 aliphatic heterocycles. The zero-order chi connectivity index (χ0) is 19.9. The molecule has 3 rings (SSSR count). The molecule has 1 atom stereocenters. The summed E-state index contributed by atoms with van der Waals surface area (Å²) in [7, 11) is 0. The molecule has 0 aliphatic rings. The monoisotopic (exact) mass is 414 g/mol. The fraction of sp³-hybridized carbons (Fsp3) is 0.200. The van der Waals surface area contributed by atoms with Crippen LogP contribution in [0.15, 0.2) is 54.6 Å². The Morgan fingerprint density at radius 1 is 1.11 bits per heavy atom. The van der Waals surface area contributed by atoms with Gasteiger partial charge in [0.1, 0.15) is 5.01 Å². The van der Waals surface area contributed by atoms with E-state index in [0.717, 1.165) is 5.56 Å². The molecule has 8 heteroatoms. The molecule has 0 fully saturated rings. The number of hydrogen-bond donors (Lipinski definition) is 2. The van der Waals surface area contributed by atoms with Crippen molar-refractivity contribution in [1.82, 2.24) is 15.5 Å². The number of anilines is 1. The van der Waals surface area contributed by atoms with E-state index in [1.807, 2.05) is 37.3 Å². The van der Waals surface area contributed by atoms with Crippen LogP contribution in [0.25, 0.3) is 0 Å². The summed E-state index contributed by atoms with van der Waals surface area (Å²) in [5.41, 5.74) is 1.63. The predicted octanol–water partition coefficient (Wildman–Crippen LogP) is 4.25. The van der Waals surface area contributed by atoms with Crippen LogP contribution in [0.5, 0.6) is 0 Å². The Labute approximate surface area is 172 Å². The first-order valence-electron chi connectivity index (χ1n) is 8.75. The van der Waals surface area contributed by atoms with E-state index in [9.17, 15) is 9.59 Å². The van der Waals surface area contributed by atoms with Crippen molar-refractivity contribution in [3.8, 4) is 0 Å². The fourth-order valence-corrected chi connectivity index (χ4v) is 3.48. The Morgan fingerprint density at radius 3 is 2.64 bits per heavy atom. The van der Waals surface area contributed by atoms with E-state index >= 15 is 0 Å². The molecule has 3 aromatic rings. The second-order valence-corrected chi connectivity index (χ2v) is 7.66. The number of halogens is 1. The molecule has 0 spiro atoms. The molecule has 0 saturated heterocycles. The minimum Gasteiger partial charge on any atom is -0.350 e. The molecule has 0 saturated carbocycles. The second kappa shape index (κ2) is 9.43. The zero-order valence-electron chi connectivity index (χ0n) is 15.2. The minimum atomic E-state index is -0.354. The topological polar surface area (TPSA) is 84.0 Å². The number of rotatable bonds is 7. The lowest BCUT2D eigenvalue weighted by Crippen LogP contribution is -2.26. The van der Waals surface area contributed by atoms with Crippen LogP contribution in [0, 0.1) is 0 Å². The van der Waals surface area contributed by atoms with Crippen molar-refractivity contribution in [3.63, 3.8) is 0 Å². The summed E-state index contributed by atoms with van der Waals surface area (Å²) in [6.45, 7) is 1.94. The lowest BCUT2D eigenvalue weighted by atomic mass is 10.1. The summed E-state index contributed by atoms with van der Waals surface area (Å²) in [5.74, 6) is -0.426. The van der Waals surface area contributed by atoms with Crippen molar-refractivity contribution in [2.75, 3.05) is 5.32 Å². The summed E-state index contributed by atoms with van der Waals surface area (Å²) in [6.07, 6.45) is 0.706. The van der Waals surface area contributed by atoms with Crippen molar-refractivity contribution >= 4 is 40.4 Å². The second-order valence-electron chi connectivity index (χ2n) is 6.17. The van der Waals surface area contributed by atoms with Gasteiger partial charge in [0, 0.05) is 23.6 Å². The highest BCUT2D eigenvalue weighted by Gasteiger charge is 2.15. The molecule has 1 aromatic heterocycles. The largest absolute Gasteiger partial charge is 0.350 e. The average molecular weight is 415 g/mol. The molecular formula is C20H19ClN4O2S. The van der Waals surface area contributed by atoms with Gasteiger partial charge in [-0.2, -0.15) is 0 Å². The van der Waals surface area contributed by atoms with Crippen LogP contribution in [-0.4, -0.2) is 22.0 Å². The maximum absolute atomic E-state index is 12.3. The standard InChI is InChI=1S/C20H19ClN4O2S/c1-13(14-6-3-2-4-7-14)22-17(26)10-11-18-24-25-20(28-18)19(27)23-16-9-5-8-15(21)12-16/h2-9,12-13H,10-11H2,1H3,(H,22,26)(H,23,27)/t13-/m1/s1. The molecular weight excluding hydrogens is 396 g/mol. The summed E-state index contributed by atoms with van der Waals surface area (Å²) < 4.78 is 0. The highest BCUT2D eigenvalue weighted by molar-refractivity contribution is 7.13. The molecule has 144 valence electrons. The number of benzene rings is 2. The van der Waals surface area contributed by atoms with Crippen LogP contribution in [0.3, 0.4) is 0 Å². The Kier molecular flexibility index (Phi) is 6.73. The molecule has 1 heterocycles. The van der Waals surface area contributed by atoms with Crippen LogP contribution in [0.1, 0.15) is 39.8 Å². The SMILES string of the molecule is C[C@@H](NC(=O)CCc1nnc(C(=O)Nc2cccc(Cl)c2)s1)c1ccccc1. The van der Waals surface area contributed by atoms with E-state index in [2.05, 4.69) is 20.8 Å². The first-order valence-corrected chi connectivity index (χ1v) is 9.94. The molecule has 2 aromatic carbocycles. The Bertz CT molecular complexity index is 962. The number of carbonyl (C=O) groups is 2. The van der Waals surface area contributed by atoms with Gasteiger partial charge >= 0.3 is 0 Å². The van der Waals surface area contributed by atoms with E-state index < -0.39 is 0 Å². The van der Waals surface area contributed by atoms with Crippen molar-refractivity contribution in [3.05, 3.63) is 75.2 Å². The Balaban J connectivity index is 1.50. The molecule has 28 heavy (non-hydrogen) atoms. The fourth-order valence-electron chi connectivity index (χ4n) is 2.56. The van der Waals surface area contributed by atoms with Gasteiger partial charge in [0.05, 0.1) is 6.04 Å². The number of nitrogens with one attached hydrogen (secondary N) is 2. The van der Waals surface area contributed by atoms with E-state index in [1.165, 1.54) is 11.3 Å². The van der Waals surface area contributed by atoms with Gasteiger partial charge in [-0.1, -0.05) is 59.3 Å². The smallest absolute Gasteiger partial charge is 0.286 e.